The van der Waals surface area contributed by atoms with Gasteiger partial charge in [0, 0.05) is 6.04 Å². The Labute approximate surface area is 120 Å². The summed E-state index contributed by atoms with van der Waals surface area (Å²) in [5, 5.41) is 7.37. The van der Waals surface area contributed by atoms with Crippen LogP contribution in [0, 0.1) is 11.3 Å². The number of carbonyl (C=O) groups is 1. The Hall–Kier alpha value is -0.830. The Morgan fingerprint density at radius 2 is 2.11 bits per heavy atom. The molecule has 106 valence electrons. The molecule has 0 radical (unpaired) electrons. The van der Waals surface area contributed by atoms with Crippen molar-refractivity contribution in [1.82, 2.24) is 5.32 Å². The van der Waals surface area contributed by atoms with Gasteiger partial charge in [-0.05, 0) is 46.6 Å². The Morgan fingerprint density at radius 1 is 1.37 bits per heavy atom. The van der Waals surface area contributed by atoms with Crippen molar-refractivity contribution in [2.24, 2.45) is 11.3 Å². The van der Waals surface area contributed by atoms with Crippen molar-refractivity contribution in [3.8, 4) is 0 Å². The summed E-state index contributed by atoms with van der Waals surface area (Å²) in [6.45, 7) is 6.88. The quantitative estimate of drug-likeness (QED) is 0.890. The molecule has 3 heteroatoms. The van der Waals surface area contributed by atoms with Crippen LogP contribution in [0.25, 0.3) is 0 Å². The molecule has 1 aliphatic rings. The largest absolute Gasteiger partial charge is 0.353 e. The molecule has 0 aliphatic heterocycles. The highest BCUT2D eigenvalue weighted by Gasteiger charge is 2.34. The van der Waals surface area contributed by atoms with Crippen molar-refractivity contribution in [2.45, 2.75) is 58.9 Å². The van der Waals surface area contributed by atoms with Gasteiger partial charge in [0.2, 0.25) is 5.91 Å². The van der Waals surface area contributed by atoms with E-state index in [2.05, 4.69) is 31.5 Å². The molecule has 0 spiro atoms. The van der Waals surface area contributed by atoms with Gasteiger partial charge >= 0.3 is 0 Å². The van der Waals surface area contributed by atoms with Crippen LogP contribution in [0.5, 0.6) is 0 Å². The summed E-state index contributed by atoms with van der Waals surface area (Å²) >= 11 is 1.65. The first-order valence-electron chi connectivity index (χ1n) is 7.27. The molecule has 2 nitrogen and oxygen atoms in total. The van der Waals surface area contributed by atoms with Gasteiger partial charge in [0.25, 0.3) is 0 Å². The molecule has 1 aliphatic carbocycles. The third kappa shape index (κ3) is 4.07. The second-order valence-corrected chi connectivity index (χ2v) is 7.52. The average Bonchev–Trinajstić information content (AvgIpc) is 2.81. The van der Waals surface area contributed by atoms with Crippen LogP contribution in [0.15, 0.2) is 16.8 Å². The summed E-state index contributed by atoms with van der Waals surface area (Å²) in [6, 6.07) is 2.40. The zero-order valence-electron chi connectivity index (χ0n) is 12.2. The Kier molecular flexibility index (Phi) is 4.67. The maximum absolute atomic E-state index is 12.1. The van der Waals surface area contributed by atoms with Crippen LogP contribution in [0.2, 0.25) is 0 Å². The molecule has 1 N–H and O–H groups in total. The van der Waals surface area contributed by atoms with E-state index >= 15 is 0 Å². The molecule has 1 aromatic heterocycles. The lowest BCUT2D eigenvalue weighted by molar-refractivity contribution is -0.122. The number of amides is 1. The SMILES string of the molecule is CC(C)(C)C1CCCCC1NC(=O)Cc1ccsc1. The van der Waals surface area contributed by atoms with E-state index in [0.717, 1.165) is 12.0 Å². The van der Waals surface area contributed by atoms with E-state index in [9.17, 15) is 4.79 Å². The van der Waals surface area contributed by atoms with Gasteiger partial charge < -0.3 is 5.32 Å². The minimum Gasteiger partial charge on any atom is -0.353 e. The number of thiophene rings is 1. The van der Waals surface area contributed by atoms with Crippen LogP contribution >= 0.6 is 11.3 Å². The van der Waals surface area contributed by atoms with Gasteiger partial charge in [-0.1, -0.05) is 33.6 Å². The topological polar surface area (TPSA) is 29.1 Å². The molecule has 2 atom stereocenters. The van der Waals surface area contributed by atoms with Crippen molar-refractivity contribution in [3.05, 3.63) is 22.4 Å². The Balaban J connectivity index is 1.94. The molecule has 0 bridgehead atoms. The number of hydrogen-bond acceptors (Lipinski definition) is 2. The van der Waals surface area contributed by atoms with Crippen LogP contribution in [0.4, 0.5) is 0 Å². The van der Waals surface area contributed by atoms with Gasteiger partial charge in [-0.2, -0.15) is 11.3 Å². The third-order valence-corrected chi connectivity index (χ3v) is 4.90. The first-order valence-corrected chi connectivity index (χ1v) is 8.21. The normalized spacial score (nSPS) is 24.2. The van der Waals surface area contributed by atoms with E-state index in [0.29, 0.717) is 18.4 Å². The van der Waals surface area contributed by atoms with Gasteiger partial charge in [-0.25, -0.2) is 0 Å². The van der Waals surface area contributed by atoms with E-state index in [-0.39, 0.29) is 11.3 Å². The lowest BCUT2D eigenvalue weighted by Crippen LogP contribution is -2.47. The molecule has 0 aromatic carbocycles. The van der Waals surface area contributed by atoms with Crippen molar-refractivity contribution >= 4 is 17.2 Å². The zero-order chi connectivity index (χ0) is 13.9. The highest BCUT2D eigenvalue weighted by molar-refractivity contribution is 7.07. The molecule has 1 saturated carbocycles. The number of carbonyl (C=O) groups excluding carboxylic acids is 1. The van der Waals surface area contributed by atoms with Gasteiger partial charge in [0.05, 0.1) is 6.42 Å². The van der Waals surface area contributed by atoms with Crippen molar-refractivity contribution in [1.29, 1.82) is 0 Å². The van der Waals surface area contributed by atoms with Crippen molar-refractivity contribution < 1.29 is 4.79 Å². The minimum atomic E-state index is 0.180. The van der Waals surface area contributed by atoms with Crippen LogP contribution in [0.1, 0.15) is 52.0 Å². The fourth-order valence-electron chi connectivity index (χ4n) is 3.18. The highest BCUT2D eigenvalue weighted by Crippen LogP contribution is 2.37. The zero-order valence-corrected chi connectivity index (χ0v) is 13.1. The summed E-state index contributed by atoms with van der Waals surface area (Å²) in [4.78, 5) is 12.1. The summed E-state index contributed by atoms with van der Waals surface area (Å²) in [6.07, 6.45) is 5.45. The van der Waals surface area contributed by atoms with E-state index in [1.807, 2.05) is 11.4 Å². The summed E-state index contributed by atoms with van der Waals surface area (Å²) in [5.74, 6) is 0.784. The third-order valence-electron chi connectivity index (χ3n) is 4.17. The van der Waals surface area contributed by atoms with Gasteiger partial charge in [-0.15, -0.1) is 0 Å². The predicted molar refractivity (Wildman–Crippen MR) is 81.4 cm³/mol. The Bertz CT molecular complexity index is 405. The van der Waals surface area contributed by atoms with E-state index < -0.39 is 0 Å². The molecular formula is C16H25NOS. The molecule has 19 heavy (non-hydrogen) atoms. The first-order chi connectivity index (χ1) is 8.97. The second kappa shape index (κ2) is 6.08. The molecule has 1 aromatic rings. The predicted octanol–water partition coefficient (Wildman–Crippen LogP) is 4.01. The smallest absolute Gasteiger partial charge is 0.224 e. The maximum Gasteiger partial charge on any atom is 0.224 e. The standard InChI is InChI=1S/C16H25NOS/c1-16(2,3)13-6-4-5-7-14(13)17-15(18)10-12-8-9-19-11-12/h8-9,11,13-14H,4-7,10H2,1-3H3,(H,17,18). The first kappa shape index (κ1) is 14.6. The molecule has 2 unspecified atom stereocenters. The monoisotopic (exact) mass is 279 g/mol. The fourth-order valence-corrected chi connectivity index (χ4v) is 3.85. The number of rotatable bonds is 3. The van der Waals surface area contributed by atoms with Crippen molar-refractivity contribution in [3.63, 3.8) is 0 Å². The number of nitrogens with one attached hydrogen (secondary N) is 1. The number of hydrogen-bond donors (Lipinski definition) is 1. The molecule has 1 amide bonds. The minimum absolute atomic E-state index is 0.180. The van der Waals surface area contributed by atoms with Crippen LogP contribution < -0.4 is 5.32 Å². The van der Waals surface area contributed by atoms with Crippen LogP contribution in [-0.2, 0) is 11.2 Å². The molecule has 2 rings (SSSR count). The van der Waals surface area contributed by atoms with Gasteiger partial charge in [-0.3, -0.25) is 4.79 Å². The molecule has 1 heterocycles. The maximum atomic E-state index is 12.1. The molecule has 0 saturated heterocycles. The summed E-state index contributed by atoms with van der Waals surface area (Å²) < 4.78 is 0. The van der Waals surface area contributed by atoms with Gasteiger partial charge in [0.15, 0.2) is 0 Å². The van der Waals surface area contributed by atoms with Crippen molar-refractivity contribution in [2.75, 3.05) is 0 Å². The molecular weight excluding hydrogens is 254 g/mol. The van der Waals surface area contributed by atoms with Crippen LogP contribution in [0.3, 0.4) is 0 Å². The van der Waals surface area contributed by atoms with Crippen LogP contribution in [-0.4, -0.2) is 11.9 Å². The second-order valence-electron chi connectivity index (χ2n) is 6.74. The lowest BCUT2D eigenvalue weighted by Gasteiger charge is -2.40. The lowest BCUT2D eigenvalue weighted by atomic mass is 9.69. The van der Waals surface area contributed by atoms with Gasteiger partial charge in [0.1, 0.15) is 0 Å². The van der Waals surface area contributed by atoms with E-state index in [1.54, 1.807) is 11.3 Å². The van der Waals surface area contributed by atoms with E-state index in [4.69, 9.17) is 0 Å². The highest BCUT2D eigenvalue weighted by atomic mass is 32.1. The summed E-state index contributed by atoms with van der Waals surface area (Å²) in [5.41, 5.74) is 1.41. The Morgan fingerprint density at radius 3 is 2.74 bits per heavy atom. The average molecular weight is 279 g/mol. The molecule has 1 fully saturated rings. The van der Waals surface area contributed by atoms with E-state index in [1.165, 1.54) is 19.3 Å². The fraction of sp³-hybridized carbons (Fsp3) is 0.688. The summed E-state index contributed by atoms with van der Waals surface area (Å²) in [7, 11) is 0.